The molecule has 0 aromatic carbocycles. The Morgan fingerprint density at radius 2 is 1.81 bits per heavy atom. The van der Waals surface area contributed by atoms with E-state index in [4.69, 9.17) is 5.73 Å². The van der Waals surface area contributed by atoms with Gasteiger partial charge in [0, 0.05) is 18.6 Å². The number of hydrogen-bond donors (Lipinski definition) is 1. The van der Waals surface area contributed by atoms with E-state index in [0.717, 1.165) is 30.5 Å². The normalized spacial score (nSPS) is 40.7. The van der Waals surface area contributed by atoms with Gasteiger partial charge in [0.2, 0.25) is 0 Å². The fourth-order valence-corrected chi connectivity index (χ4v) is 4.51. The van der Waals surface area contributed by atoms with Crippen LogP contribution in [0.3, 0.4) is 0 Å². The van der Waals surface area contributed by atoms with E-state index in [1.165, 1.54) is 57.9 Å². The zero-order chi connectivity index (χ0) is 11.0. The van der Waals surface area contributed by atoms with Crippen LogP contribution in [0.1, 0.15) is 51.4 Å². The van der Waals surface area contributed by atoms with Gasteiger partial charge < -0.3 is 5.73 Å². The fourth-order valence-electron chi connectivity index (χ4n) is 4.51. The molecule has 0 amide bonds. The second-order valence-electron chi connectivity index (χ2n) is 6.20. The summed E-state index contributed by atoms with van der Waals surface area (Å²) in [6, 6.07) is 1.87. The first-order valence-electron chi connectivity index (χ1n) is 7.34. The van der Waals surface area contributed by atoms with Crippen LogP contribution < -0.4 is 5.73 Å². The molecule has 2 saturated heterocycles. The minimum absolute atomic E-state index is 0.900. The molecule has 2 bridgehead atoms. The highest BCUT2D eigenvalue weighted by Gasteiger charge is 2.42. The van der Waals surface area contributed by atoms with Crippen molar-refractivity contribution in [3.05, 3.63) is 0 Å². The zero-order valence-electron chi connectivity index (χ0n) is 10.4. The molecule has 16 heavy (non-hydrogen) atoms. The van der Waals surface area contributed by atoms with Gasteiger partial charge in [0.25, 0.3) is 0 Å². The van der Waals surface area contributed by atoms with E-state index < -0.39 is 0 Å². The zero-order valence-corrected chi connectivity index (χ0v) is 10.4. The van der Waals surface area contributed by atoms with Gasteiger partial charge in [0.1, 0.15) is 0 Å². The molecule has 0 aromatic heterocycles. The third kappa shape index (κ3) is 1.91. The van der Waals surface area contributed by atoms with Crippen LogP contribution in [-0.2, 0) is 0 Å². The summed E-state index contributed by atoms with van der Waals surface area (Å²) in [6.45, 7) is 2.30. The number of nitrogens with two attached hydrogens (primary N) is 1. The van der Waals surface area contributed by atoms with Crippen molar-refractivity contribution in [2.24, 2.45) is 17.6 Å². The Kier molecular flexibility index (Phi) is 3.21. The monoisotopic (exact) mass is 222 g/mol. The quantitative estimate of drug-likeness (QED) is 0.794. The highest BCUT2D eigenvalue weighted by Crippen LogP contribution is 2.43. The maximum atomic E-state index is 5.73. The number of nitrogens with zero attached hydrogens (tertiary/aromatic N) is 1. The maximum Gasteiger partial charge on any atom is 0.0101 e. The highest BCUT2D eigenvalue weighted by atomic mass is 15.2. The lowest BCUT2D eigenvalue weighted by atomic mass is 9.70. The highest BCUT2D eigenvalue weighted by molar-refractivity contribution is 4.96. The standard InChI is InChI=1S/C14H26N2/c15-8-7-11-9-14-6-5-12(11)10-16(14)13-3-1-2-4-13/h11-14H,1-10,15H2. The Labute approximate surface area is 99.6 Å². The Morgan fingerprint density at radius 3 is 2.44 bits per heavy atom. The van der Waals surface area contributed by atoms with E-state index in [1.54, 1.807) is 0 Å². The largest absolute Gasteiger partial charge is 0.330 e. The molecule has 2 heteroatoms. The average molecular weight is 222 g/mol. The lowest BCUT2D eigenvalue weighted by Gasteiger charge is -2.52. The lowest BCUT2D eigenvalue weighted by Crippen LogP contribution is -2.55. The second kappa shape index (κ2) is 4.66. The maximum absolute atomic E-state index is 5.73. The Hall–Kier alpha value is -0.0800. The van der Waals surface area contributed by atoms with Crippen LogP contribution in [0.5, 0.6) is 0 Å². The molecule has 4 aliphatic rings. The van der Waals surface area contributed by atoms with Crippen LogP contribution in [0, 0.1) is 11.8 Å². The number of hydrogen-bond acceptors (Lipinski definition) is 2. The van der Waals surface area contributed by atoms with Crippen molar-refractivity contribution < 1.29 is 0 Å². The summed E-state index contributed by atoms with van der Waals surface area (Å²) < 4.78 is 0. The first kappa shape index (κ1) is 11.0. The van der Waals surface area contributed by atoms with Gasteiger partial charge in [-0.15, -0.1) is 0 Å². The summed E-state index contributed by atoms with van der Waals surface area (Å²) in [5.41, 5.74) is 5.73. The lowest BCUT2D eigenvalue weighted by molar-refractivity contribution is -0.0226. The summed E-state index contributed by atoms with van der Waals surface area (Å²) in [7, 11) is 0. The van der Waals surface area contributed by atoms with E-state index in [0.29, 0.717) is 0 Å². The van der Waals surface area contributed by atoms with Gasteiger partial charge in [-0.05, 0) is 56.9 Å². The third-order valence-corrected chi connectivity index (χ3v) is 5.36. The smallest absolute Gasteiger partial charge is 0.0101 e. The summed E-state index contributed by atoms with van der Waals surface area (Å²) in [5.74, 6) is 1.94. The van der Waals surface area contributed by atoms with Crippen molar-refractivity contribution in [3.8, 4) is 0 Å². The van der Waals surface area contributed by atoms with Gasteiger partial charge in [-0.3, -0.25) is 4.90 Å². The predicted molar refractivity (Wildman–Crippen MR) is 67.3 cm³/mol. The molecular formula is C14H26N2. The predicted octanol–water partition coefficient (Wildman–Crippen LogP) is 2.38. The number of fused-ring (bicyclic) bond motifs is 3. The average Bonchev–Trinajstić information content (AvgIpc) is 2.84. The Morgan fingerprint density at radius 1 is 1.00 bits per heavy atom. The molecule has 4 rings (SSSR count). The van der Waals surface area contributed by atoms with Crippen molar-refractivity contribution in [1.82, 2.24) is 4.90 Å². The first-order chi connectivity index (χ1) is 7.88. The van der Waals surface area contributed by atoms with Gasteiger partial charge in [0.05, 0.1) is 0 Å². The van der Waals surface area contributed by atoms with Crippen molar-refractivity contribution >= 4 is 0 Å². The van der Waals surface area contributed by atoms with E-state index in [1.807, 2.05) is 0 Å². The van der Waals surface area contributed by atoms with E-state index >= 15 is 0 Å². The Bertz CT molecular complexity index is 235. The van der Waals surface area contributed by atoms with Crippen LogP contribution in [0.25, 0.3) is 0 Å². The number of rotatable bonds is 3. The molecule has 2 aliphatic heterocycles. The van der Waals surface area contributed by atoms with Crippen LogP contribution in [0.2, 0.25) is 0 Å². The minimum atomic E-state index is 0.900. The third-order valence-electron chi connectivity index (χ3n) is 5.36. The fraction of sp³-hybridized carbons (Fsp3) is 1.00. The van der Waals surface area contributed by atoms with Gasteiger partial charge >= 0.3 is 0 Å². The van der Waals surface area contributed by atoms with Crippen molar-refractivity contribution in [2.45, 2.75) is 63.5 Å². The molecule has 2 saturated carbocycles. The summed E-state index contributed by atoms with van der Waals surface area (Å²) in [4.78, 5) is 2.88. The molecule has 4 fully saturated rings. The molecule has 0 radical (unpaired) electrons. The molecular weight excluding hydrogens is 196 g/mol. The van der Waals surface area contributed by atoms with E-state index in [9.17, 15) is 0 Å². The van der Waals surface area contributed by atoms with Gasteiger partial charge in [-0.25, -0.2) is 0 Å². The van der Waals surface area contributed by atoms with Gasteiger partial charge in [-0.1, -0.05) is 12.8 Å². The van der Waals surface area contributed by atoms with E-state index in [-0.39, 0.29) is 0 Å². The molecule has 92 valence electrons. The molecule has 2 N–H and O–H groups in total. The topological polar surface area (TPSA) is 29.3 Å². The molecule has 0 aromatic rings. The van der Waals surface area contributed by atoms with Gasteiger partial charge in [-0.2, -0.15) is 0 Å². The number of piperidine rings is 2. The molecule has 2 nitrogen and oxygen atoms in total. The van der Waals surface area contributed by atoms with Crippen molar-refractivity contribution in [1.29, 1.82) is 0 Å². The van der Waals surface area contributed by atoms with E-state index in [2.05, 4.69) is 4.90 Å². The Balaban J connectivity index is 1.64. The SMILES string of the molecule is NCCC1CC2CCC1CN2C1CCCC1. The van der Waals surface area contributed by atoms with Crippen LogP contribution in [-0.4, -0.2) is 30.1 Å². The molecule has 3 unspecified atom stereocenters. The van der Waals surface area contributed by atoms with Crippen LogP contribution in [0.4, 0.5) is 0 Å². The molecule has 2 aliphatic carbocycles. The summed E-state index contributed by atoms with van der Waals surface area (Å²) in [5, 5.41) is 0. The van der Waals surface area contributed by atoms with Crippen LogP contribution in [0.15, 0.2) is 0 Å². The minimum Gasteiger partial charge on any atom is -0.330 e. The van der Waals surface area contributed by atoms with Crippen LogP contribution >= 0.6 is 0 Å². The second-order valence-corrected chi connectivity index (χ2v) is 6.20. The molecule has 0 spiro atoms. The van der Waals surface area contributed by atoms with Crippen molar-refractivity contribution in [2.75, 3.05) is 13.1 Å². The first-order valence-corrected chi connectivity index (χ1v) is 7.34. The van der Waals surface area contributed by atoms with Crippen molar-refractivity contribution in [3.63, 3.8) is 0 Å². The van der Waals surface area contributed by atoms with Gasteiger partial charge in [0.15, 0.2) is 0 Å². The molecule has 3 atom stereocenters. The summed E-state index contributed by atoms with van der Waals surface area (Å²) >= 11 is 0. The summed E-state index contributed by atoms with van der Waals surface area (Å²) in [6.07, 6.45) is 11.6. The molecule has 2 heterocycles.